The maximum atomic E-state index is 9.53. The van der Waals surface area contributed by atoms with Crippen LogP contribution in [0.15, 0.2) is 36.5 Å². The molecule has 0 spiro atoms. The van der Waals surface area contributed by atoms with E-state index >= 15 is 0 Å². The minimum Gasteiger partial charge on any atom is -0.393 e. The Bertz CT molecular complexity index is 544. The molecule has 3 rings (SSSR count). The van der Waals surface area contributed by atoms with E-state index in [1.54, 1.807) is 0 Å². The van der Waals surface area contributed by atoms with E-state index in [1.807, 2.05) is 24.4 Å². The zero-order valence-corrected chi connectivity index (χ0v) is 12.3. The highest BCUT2D eigenvalue weighted by Gasteiger charge is 2.19. The number of nitrogens with one attached hydrogen (secondary N) is 2. The number of H-pyrrole nitrogens is 1. The normalized spacial score (nSPS) is 22.3. The molecule has 1 fully saturated rings. The zero-order chi connectivity index (χ0) is 14.5. The van der Waals surface area contributed by atoms with Gasteiger partial charge in [-0.25, -0.2) is 0 Å². The Morgan fingerprint density at radius 3 is 2.67 bits per heavy atom. The second kappa shape index (κ2) is 6.87. The van der Waals surface area contributed by atoms with Crippen molar-refractivity contribution in [1.29, 1.82) is 0 Å². The Labute approximate surface area is 125 Å². The van der Waals surface area contributed by atoms with Gasteiger partial charge in [-0.1, -0.05) is 30.3 Å². The smallest absolute Gasteiger partial charge is 0.0695 e. The van der Waals surface area contributed by atoms with E-state index in [0.717, 1.165) is 44.5 Å². The van der Waals surface area contributed by atoms with Crippen molar-refractivity contribution >= 4 is 0 Å². The molecule has 0 saturated heterocycles. The van der Waals surface area contributed by atoms with Crippen molar-refractivity contribution < 1.29 is 5.11 Å². The van der Waals surface area contributed by atoms with E-state index in [1.165, 1.54) is 11.1 Å². The first-order valence-electron chi connectivity index (χ1n) is 7.79. The summed E-state index contributed by atoms with van der Waals surface area (Å²) in [5.41, 5.74) is 3.48. The molecule has 1 aromatic heterocycles. The summed E-state index contributed by atoms with van der Waals surface area (Å²) >= 11 is 0. The van der Waals surface area contributed by atoms with Crippen LogP contribution in [0.2, 0.25) is 0 Å². The molecule has 3 N–H and O–H groups in total. The molecule has 1 aliphatic carbocycles. The molecule has 1 aromatic carbocycles. The number of aromatic nitrogens is 2. The number of aromatic amines is 1. The first-order chi connectivity index (χ1) is 10.3. The highest BCUT2D eigenvalue weighted by molar-refractivity contribution is 5.62. The van der Waals surface area contributed by atoms with E-state index < -0.39 is 0 Å². The molecule has 1 aliphatic rings. The van der Waals surface area contributed by atoms with Gasteiger partial charge in [-0.3, -0.25) is 5.10 Å². The summed E-state index contributed by atoms with van der Waals surface area (Å²) in [7, 11) is 0. The van der Waals surface area contributed by atoms with Gasteiger partial charge in [0.05, 0.1) is 18.0 Å². The topological polar surface area (TPSA) is 60.9 Å². The van der Waals surface area contributed by atoms with Crippen LogP contribution in [-0.4, -0.2) is 28.0 Å². The van der Waals surface area contributed by atoms with Gasteiger partial charge in [0.2, 0.25) is 0 Å². The lowest BCUT2D eigenvalue weighted by molar-refractivity contribution is 0.108. The molecule has 0 atom stereocenters. The van der Waals surface area contributed by atoms with E-state index in [0.29, 0.717) is 5.92 Å². The molecular formula is C17H23N3O. The Kier molecular flexibility index (Phi) is 4.68. The molecule has 4 nitrogen and oxygen atoms in total. The minimum absolute atomic E-state index is 0.0696. The van der Waals surface area contributed by atoms with Gasteiger partial charge in [-0.2, -0.15) is 5.10 Å². The van der Waals surface area contributed by atoms with Crippen LogP contribution in [0, 0.1) is 5.92 Å². The van der Waals surface area contributed by atoms with E-state index in [4.69, 9.17) is 0 Å². The third kappa shape index (κ3) is 3.71. The zero-order valence-electron chi connectivity index (χ0n) is 12.3. The molecule has 2 aromatic rings. The monoisotopic (exact) mass is 285 g/mol. The fourth-order valence-electron chi connectivity index (χ4n) is 3.06. The summed E-state index contributed by atoms with van der Waals surface area (Å²) in [4.78, 5) is 0. The fraction of sp³-hybridized carbons (Fsp3) is 0.471. The number of hydrogen-bond donors (Lipinski definition) is 3. The van der Waals surface area contributed by atoms with Gasteiger partial charge < -0.3 is 10.4 Å². The van der Waals surface area contributed by atoms with Gasteiger partial charge in [0.15, 0.2) is 0 Å². The van der Waals surface area contributed by atoms with Gasteiger partial charge in [-0.05, 0) is 43.7 Å². The van der Waals surface area contributed by atoms with Crippen molar-refractivity contribution in [1.82, 2.24) is 15.5 Å². The lowest BCUT2D eigenvalue weighted by Gasteiger charge is -2.25. The lowest BCUT2D eigenvalue weighted by Crippen LogP contribution is -2.27. The predicted octanol–water partition coefficient (Wildman–Crippen LogP) is 2.72. The maximum Gasteiger partial charge on any atom is 0.0695 e. The van der Waals surface area contributed by atoms with Crippen molar-refractivity contribution in [3.05, 3.63) is 42.1 Å². The number of nitrogens with zero attached hydrogens (tertiary/aromatic N) is 1. The van der Waals surface area contributed by atoms with Crippen LogP contribution in [-0.2, 0) is 6.54 Å². The molecule has 0 amide bonds. The fourth-order valence-corrected chi connectivity index (χ4v) is 3.06. The van der Waals surface area contributed by atoms with Crippen LogP contribution < -0.4 is 5.32 Å². The molecule has 0 aliphatic heterocycles. The van der Waals surface area contributed by atoms with Crippen LogP contribution in [0.4, 0.5) is 0 Å². The molecular weight excluding hydrogens is 262 g/mol. The first kappa shape index (κ1) is 14.3. The average molecular weight is 285 g/mol. The predicted molar refractivity (Wildman–Crippen MR) is 83.7 cm³/mol. The highest BCUT2D eigenvalue weighted by atomic mass is 16.3. The minimum atomic E-state index is -0.0696. The van der Waals surface area contributed by atoms with Crippen molar-refractivity contribution in [2.45, 2.75) is 38.3 Å². The number of hydrogen-bond acceptors (Lipinski definition) is 3. The second-order valence-electron chi connectivity index (χ2n) is 5.94. The van der Waals surface area contributed by atoms with Crippen molar-refractivity contribution in [3.63, 3.8) is 0 Å². The highest BCUT2D eigenvalue weighted by Crippen LogP contribution is 2.24. The molecule has 0 radical (unpaired) electrons. The summed E-state index contributed by atoms with van der Waals surface area (Å²) in [6.45, 7) is 1.85. The van der Waals surface area contributed by atoms with Crippen LogP contribution >= 0.6 is 0 Å². The lowest BCUT2D eigenvalue weighted by atomic mass is 9.87. The Balaban J connectivity index is 1.53. The summed E-state index contributed by atoms with van der Waals surface area (Å²) < 4.78 is 0. The van der Waals surface area contributed by atoms with Crippen LogP contribution in [0.25, 0.3) is 11.3 Å². The SMILES string of the molecule is OC1CCC(CNCc2cn[nH]c2-c2ccccc2)CC1. The van der Waals surface area contributed by atoms with E-state index in [9.17, 15) is 5.11 Å². The Morgan fingerprint density at radius 1 is 1.14 bits per heavy atom. The molecule has 112 valence electrons. The average Bonchev–Trinajstić information content (AvgIpc) is 2.99. The van der Waals surface area contributed by atoms with Gasteiger partial charge in [0, 0.05) is 12.1 Å². The third-order valence-electron chi connectivity index (χ3n) is 4.35. The number of rotatable bonds is 5. The number of benzene rings is 1. The first-order valence-corrected chi connectivity index (χ1v) is 7.79. The van der Waals surface area contributed by atoms with E-state index in [-0.39, 0.29) is 6.10 Å². The molecule has 0 bridgehead atoms. The standard InChI is InChI=1S/C17H23N3O/c21-16-8-6-13(7-9-16)10-18-11-15-12-19-20-17(15)14-4-2-1-3-5-14/h1-5,12-13,16,18,21H,6-11H2,(H,19,20). The van der Waals surface area contributed by atoms with Crippen molar-refractivity contribution in [2.75, 3.05) is 6.54 Å². The van der Waals surface area contributed by atoms with Crippen LogP contribution in [0.3, 0.4) is 0 Å². The molecule has 4 heteroatoms. The third-order valence-corrected chi connectivity index (χ3v) is 4.35. The maximum absolute atomic E-state index is 9.53. The Hall–Kier alpha value is -1.65. The molecule has 1 saturated carbocycles. The van der Waals surface area contributed by atoms with Crippen LogP contribution in [0.5, 0.6) is 0 Å². The number of aliphatic hydroxyl groups is 1. The summed E-state index contributed by atoms with van der Waals surface area (Å²) in [6.07, 6.45) is 6.00. The van der Waals surface area contributed by atoms with Gasteiger partial charge in [-0.15, -0.1) is 0 Å². The molecule has 1 heterocycles. The summed E-state index contributed by atoms with van der Waals surface area (Å²) in [5.74, 6) is 0.695. The van der Waals surface area contributed by atoms with Gasteiger partial charge >= 0.3 is 0 Å². The van der Waals surface area contributed by atoms with Crippen molar-refractivity contribution in [2.24, 2.45) is 5.92 Å². The second-order valence-corrected chi connectivity index (χ2v) is 5.94. The summed E-state index contributed by atoms with van der Waals surface area (Å²) in [6, 6.07) is 10.3. The summed E-state index contributed by atoms with van der Waals surface area (Å²) in [5, 5.41) is 20.3. The Morgan fingerprint density at radius 2 is 1.90 bits per heavy atom. The van der Waals surface area contributed by atoms with Gasteiger partial charge in [0.1, 0.15) is 0 Å². The van der Waals surface area contributed by atoms with Gasteiger partial charge in [0.25, 0.3) is 0 Å². The molecule has 21 heavy (non-hydrogen) atoms. The van der Waals surface area contributed by atoms with E-state index in [2.05, 4.69) is 27.6 Å². The van der Waals surface area contributed by atoms with Crippen LogP contribution in [0.1, 0.15) is 31.2 Å². The van der Waals surface area contributed by atoms with Crippen molar-refractivity contribution in [3.8, 4) is 11.3 Å². The largest absolute Gasteiger partial charge is 0.393 e. The quantitative estimate of drug-likeness (QED) is 0.791. The molecule has 0 unspecified atom stereocenters. The number of aliphatic hydroxyl groups excluding tert-OH is 1.